The van der Waals surface area contributed by atoms with Gasteiger partial charge in [0.25, 0.3) is 0 Å². The number of allylic oxidation sites excluding steroid dienone is 1. The summed E-state index contributed by atoms with van der Waals surface area (Å²) < 4.78 is 0. The number of nitrogens with two attached hydrogens (primary N) is 1. The lowest BCUT2D eigenvalue weighted by Gasteiger charge is -2.19. The van der Waals surface area contributed by atoms with Crippen molar-refractivity contribution in [1.29, 1.82) is 0 Å². The third-order valence-electron chi connectivity index (χ3n) is 3.19. The highest BCUT2D eigenvalue weighted by atomic mass is 16.4. The Morgan fingerprint density at radius 1 is 1.50 bits per heavy atom. The van der Waals surface area contributed by atoms with Gasteiger partial charge in [-0.1, -0.05) is 12.5 Å². The van der Waals surface area contributed by atoms with Gasteiger partial charge in [-0.05, 0) is 32.2 Å². The van der Waals surface area contributed by atoms with E-state index in [2.05, 4.69) is 11.5 Å². The second-order valence-corrected chi connectivity index (χ2v) is 4.63. The zero-order valence-corrected chi connectivity index (χ0v) is 9.82. The molecule has 0 aromatic heterocycles. The van der Waals surface area contributed by atoms with E-state index in [0.717, 1.165) is 25.9 Å². The van der Waals surface area contributed by atoms with Crippen LogP contribution in [-0.4, -0.2) is 41.1 Å². The van der Waals surface area contributed by atoms with Crippen LogP contribution in [0.3, 0.4) is 0 Å². The molecule has 0 spiro atoms. The number of hydrogen-bond acceptors (Lipinski definition) is 3. The maximum atomic E-state index is 10.9. The Morgan fingerprint density at radius 3 is 2.81 bits per heavy atom. The molecule has 4 nitrogen and oxygen atoms in total. The first-order chi connectivity index (χ1) is 7.58. The first-order valence-electron chi connectivity index (χ1n) is 5.94. The molecule has 0 bridgehead atoms. The largest absolute Gasteiger partial charge is 0.480 e. The summed E-state index contributed by atoms with van der Waals surface area (Å²) in [6.45, 7) is 5.94. The van der Waals surface area contributed by atoms with Gasteiger partial charge < -0.3 is 15.7 Å². The Hall–Kier alpha value is -0.870. The molecule has 0 radical (unpaired) electrons. The highest BCUT2D eigenvalue weighted by molar-refractivity contribution is 5.79. The molecule has 16 heavy (non-hydrogen) atoms. The molecule has 0 saturated carbocycles. The van der Waals surface area contributed by atoms with Crippen LogP contribution in [0, 0.1) is 0 Å². The van der Waals surface area contributed by atoms with Gasteiger partial charge in [-0.15, -0.1) is 6.58 Å². The van der Waals surface area contributed by atoms with Gasteiger partial charge in [-0.2, -0.15) is 0 Å². The molecule has 0 aromatic rings. The molecule has 1 saturated heterocycles. The van der Waals surface area contributed by atoms with Crippen LogP contribution < -0.4 is 5.73 Å². The summed E-state index contributed by atoms with van der Waals surface area (Å²) in [5, 5.41) is 8.97. The average molecular weight is 226 g/mol. The van der Waals surface area contributed by atoms with Crippen LogP contribution in [0.25, 0.3) is 0 Å². The van der Waals surface area contributed by atoms with Gasteiger partial charge in [0.2, 0.25) is 0 Å². The van der Waals surface area contributed by atoms with Gasteiger partial charge in [-0.3, -0.25) is 4.79 Å². The van der Waals surface area contributed by atoms with Crippen molar-refractivity contribution in [1.82, 2.24) is 4.90 Å². The zero-order valence-electron chi connectivity index (χ0n) is 9.82. The molecule has 1 unspecified atom stereocenters. The van der Waals surface area contributed by atoms with Crippen molar-refractivity contribution in [3.63, 3.8) is 0 Å². The summed E-state index contributed by atoms with van der Waals surface area (Å²) in [6.07, 6.45) is 7.02. The molecular formula is C12H22N2O2. The molecule has 1 rings (SSSR count). The first-order valence-corrected chi connectivity index (χ1v) is 5.94. The summed E-state index contributed by atoms with van der Waals surface area (Å²) in [6, 6.07) is 0. The van der Waals surface area contributed by atoms with Crippen molar-refractivity contribution in [2.75, 3.05) is 19.6 Å². The Bertz CT molecular complexity index is 255. The molecular weight excluding hydrogens is 204 g/mol. The zero-order chi connectivity index (χ0) is 12.0. The van der Waals surface area contributed by atoms with E-state index in [1.54, 1.807) is 0 Å². The van der Waals surface area contributed by atoms with Crippen LogP contribution in [0.5, 0.6) is 0 Å². The highest BCUT2D eigenvalue weighted by Crippen LogP contribution is 2.19. The summed E-state index contributed by atoms with van der Waals surface area (Å²) in [5.74, 6) is -0.873. The number of carboxylic acids is 1. The number of aliphatic carboxylic acids is 1. The van der Waals surface area contributed by atoms with Crippen LogP contribution in [0.4, 0.5) is 0 Å². The van der Waals surface area contributed by atoms with Gasteiger partial charge in [0.1, 0.15) is 5.54 Å². The smallest absolute Gasteiger partial charge is 0.325 e. The molecule has 0 aliphatic carbocycles. The molecule has 1 fully saturated rings. The fourth-order valence-electron chi connectivity index (χ4n) is 2.08. The quantitative estimate of drug-likeness (QED) is 0.506. The van der Waals surface area contributed by atoms with Crippen LogP contribution in [0.2, 0.25) is 0 Å². The van der Waals surface area contributed by atoms with Crippen LogP contribution >= 0.6 is 0 Å². The molecule has 1 atom stereocenters. The van der Waals surface area contributed by atoms with Crippen LogP contribution in [-0.2, 0) is 4.79 Å². The molecule has 1 aliphatic rings. The minimum absolute atomic E-state index is 0.490. The SMILES string of the molecule is C=CCCCCCN1CCC(N)(C(=O)O)C1. The topological polar surface area (TPSA) is 66.6 Å². The fraction of sp³-hybridized carbons (Fsp3) is 0.750. The molecule has 1 aliphatic heterocycles. The number of nitrogens with zero attached hydrogens (tertiary/aromatic N) is 1. The molecule has 3 N–H and O–H groups in total. The number of rotatable bonds is 7. The van der Waals surface area contributed by atoms with Crippen molar-refractivity contribution in [2.45, 2.75) is 37.6 Å². The normalized spacial score (nSPS) is 25.8. The number of hydrogen-bond donors (Lipinski definition) is 2. The van der Waals surface area contributed by atoms with E-state index in [0.29, 0.717) is 13.0 Å². The van der Waals surface area contributed by atoms with Gasteiger partial charge in [0.15, 0.2) is 0 Å². The summed E-state index contributed by atoms with van der Waals surface area (Å²) in [7, 11) is 0. The molecule has 1 heterocycles. The highest BCUT2D eigenvalue weighted by Gasteiger charge is 2.40. The second kappa shape index (κ2) is 6.01. The predicted molar refractivity (Wildman–Crippen MR) is 64.3 cm³/mol. The van der Waals surface area contributed by atoms with E-state index in [-0.39, 0.29) is 0 Å². The first kappa shape index (κ1) is 13.2. The molecule has 0 amide bonds. The minimum atomic E-state index is -1.01. The van der Waals surface area contributed by atoms with Crippen molar-refractivity contribution in [3.05, 3.63) is 12.7 Å². The maximum Gasteiger partial charge on any atom is 0.325 e. The second-order valence-electron chi connectivity index (χ2n) is 4.63. The van der Waals surface area contributed by atoms with Crippen molar-refractivity contribution < 1.29 is 9.90 Å². The number of carbonyl (C=O) groups is 1. The van der Waals surface area contributed by atoms with Crippen molar-refractivity contribution >= 4 is 5.97 Å². The monoisotopic (exact) mass is 226 g/mol. The van der Waals surface area contributed by atoms with E-state index >= 15 is 0 Å². The average Bonchev–Trinajstić information content (AvgIpc) is 2.62. The standard InChI is InChI=1S/C12H22N2O2/c1-2-3-4-5-6-8-14-9-7-12(13,10-14)11(15)16/h2H,1,3-10,13H2,(H,15,16). The predicted octanol–water partition coefficient (Wildman–Crippen LogP) is 1.22. The lowest BCUT2D eigenvalue weighted by Crippen LogP contribution is -2.50. The third-order valence-corrected chi connectivity index (χ3v) is 3.19. The van der Waals surface area contributed by atoms with Crippen LogP contribution in [0.1, 0.15) is 32.1 Å². The van der Waals surface area contributed by atoms with E-state index < -0.39 is 11.5 Å². The Morgan fingerprint density at radius 2 is 2.25 bits per heavy atom. The number of likely N-dealkylation sites (tertiary alicyclic amines) is 1. The minimum Gasteiger partial charge on any atom is -0.480 e. The number of carboxylic acid groups (broad SMARTS) is 1. The van der Waals surface area contributed by atoms with Crippen molar-refractivity contribution in [2.24, 2.45) is 5.73 Å². The Labute approximate surface area is 97.1 Å². The van der Waals surface area contributed by atoms with Crippen molar-refractivity contribution in [3.8, 4) is 0 Å². The molecule has 92 valence electrons. The van der Waals surface area contributed by atoms with Gasteiger partial charge in [-0.25, -0.2) is 0 Å². The summed E-state index contributed by atoms with van der Waals surface area (Å²) in [4.78, 5) is 13.1. The van der Waals surface area contributed by atoms with Gasteiger partial charge in [0, 0.05) is 13.1 Å². The Kier molecular flexibility index (Phi) is 4.96. The maximum absolute atomic E-state index is 10.9. The van der Waals surface area contributed by atoms with Gasteiger partial charge in [0.05, 0.1) is 0 Å². The fourth-order valence-corrected chi connectivity index (χ4v) is 2.08. The van der Waals surface area contributed by atoms with E-state index in [9.17, 15) is 4.79 Å². The lowest BCUT2D eigenvalue weighted by atomic mass is 10.0. The summed E-state index contributed by atoms with van der Waals surface area (Å²) in [5.41, 5.74) is 4.78. The summed E-state index contributed by atoms with van der Waals surface area (Å²) >= 11 is 0. The van der Waals surface area contributed by atoms with E-state index in [1.165, 1.54) is 12.8 Å². The number of unbranched alkanes of at least 4 members (excludes halogenated alkanes) is 3. The Balaban J connectivity index is 2.17. The van der Waals surface area contributed by atoms with E-state index in [4.69, 9.17) is 10.8 Å². The molecule has 0 aromatic carbocycles. The van der Waals surface area contributed by atoms with Crippen LogP contribution in [0.15, 0.2) is 12.7 Å². The third kappa shape index (κ3) is 3.61. The lowest BCUT2D eigenvalue weighted by molar-refractivity contribution is -0.142. The van der Waals surface area contributed by atoms with Gasteiger partial charge >= 0.3 is 5.97 Å². The molecule has 4 heteroatoms. The van der Waals surface area contributed by atoms with E-state index in [1.807, 2.05) is 6.08 Å².